The lowest BCUT2D eigenvalue weighted by Gasteiger charge is -2.18. The maximum absolute atomic E-state index is 12.9. The van der Waals surface area contributed by atoms with Crippen molar-refractivity contribution in [1.29, 1.82) is 0 Å². The second-order valence-corrected chi connectivity index (χ2v) is 20.6. The van der Waals surface area contributed by atoms with Crippen LogP contribution in [-0.2, 0) is 28.6 Å². The number of carbonyl (C=O) groups excluding carboxylic acids is 3. The van der Waals surface area contributed by atoms with Gasteiger partial charge in [0.05, 0.1) is 0 Å². The van der Waals surface area contributed by atoms with E-state index in [1.165, 1.54) is 173 Å². The summed E-state index contributed by atoms with van der Waals surface area (Å²) in [4.78, 5) is 38.3. The molecule has 0 amide bonds. The molecule has 6 nitrogen and oxygen atoms in total. The summed E-state index contributed by atoms with van der Waals surface area (Å²) >= 11 is 0. The van der Waals surface area contributed by atoms with E-state index in [0.29, 0.717) is 19.3 Å². The number of rotatable bonds is 56. The second-order valence-electron chi connectivity index (χ2n) is 20.6. The zero-order valence-electron chi connectivity index (χ0n) is 48.1. The predicted octanol–water partition coefficient (Wildman–Crippen LogP) is 21.1. The van der Waals surface area contributed by atoms with E-state index in [1.54, 1.807) is 0 Å². The quantitative estimate of drug-likeness (QED) is 0.0261. The summed E-state index contributed by atoms with van der Waals surface area (Å²) in [5, 5.41) is 0. The normalized spacial score (nSPS) is 12.6. The van der Waals surface area contributed by atoms with Crippen molar-refractivity contribution in [1.82, 2.24) is 0 Å². The average molecular weight is 1020 g/mol. The third-order valence-corrected chi connectivity index (χ3v) is 13.4. The molecule has 420 valence electrons. The number of allylic oxidation sites excluding steroid dienone is 14. The molecule has 0 aliphatic carbocycles. The van der Waals surface area contributed by atoms with Gasteiger partial charge in [0.25, 0.3) is 0 Å². The number of carbonyl (C=O) groups is 3. The van der Waals surface area contributed by atoms with Gasteiger partial charge < -0.3 is 14.2 Å². The molecule has 0 aromatic rings. The maximum atomic E-state index is 12.9. The second kappa shape index (κ2) is 61.1. The van der Waals surface area contributed by atoms with Crippen LogP contribution in [0, 0.1) is 0 Å². The van der Waals surface area contributed by atoms with Gasteiger partial charge in [-0.1, -0.05) is 254 Å². The smallest absolute Gasteiger partial charge is 0.306 e. The number of ether oxygens (including phenoxy) is 3. The first-order chi connectivity index (χ1) is 36.0. The van der Waals surface area contributed by atoms with Gasteiger partial charge in [-0.2, -0.15) is 0 Å². The van der Waals surface area contributed by atoms with Crippen LogP contribution in [0.25, 0.3) is 0 Å². The van der Waals surface area contributed by atoms with Crippen LogP contribution in [0.15, 0.2) is 85.1 Å². The highest BCUT2D eigenvalue weighted by Crippen LogP contribution is 2.16. The molecule has 0 bridgehead atoms. The van der Waals surface area contributed by atoms with Crippen LogP contribution >= 0.6 is 0 Å². The Morgan fingerprint density at radius 3 is 0.904 bits per heavy atom. The highest BCUT2D eigenvalue weighted by Gasteiger charge is 2.19. The molecule has 0 heterocycles. The van der Waals surface area contributed by atoms with Gasteiger partial charge in [-0.05, 0) is 116 Å². The Morgan fingerprint density at radius 2 is 0.534 bits per heavy atom. The molecule has 0 spiro atoms. The zero-order valence-corrected chi connectivity index (χ0v) is 48.1. The molecule has 1 atom stereocenters. The van der Waals surface area contributed by atoms with Gasteiger partial charge in [0.15, 0.2) is 6.10 Å². The monoisotopic (exact) mass is 1020 g/mol. The van der Waals surface area contributed by atoms with Crippen LogP contribution in [0.1, 0.15) is 303 Å². The maximum Gasteiger partial charge on any atom is 0.306 e. The molecule has 0 aromatic heterocycles. The fourth-order valence-corrected chi connectivity index (χ4v) is 8.69. The molecule has 0 aliphatic rings. The molecule has 0 saturated heterocycles. The van der Waals surface area contributed by atoms with Crippen molar-refractivity contribution in [2.24, 2.45) is 0 Å². The van der Waals surface area contributed by atoms with E-state index >= 15 is 0 Å². The first-order valence-electron chi connectivity index (χ1n) is 31.1. The number of esters is 3. The zero-order chi connectivity index (χ0) is 52.9. The van der Waals surface area contributed by atoms with Crippen LogP contribution in [0.2, 0.25) is 0 Å². The summed E-state index contributed by atoms with van der Waals surface area (Å²) in [5.74, 6) is -0.931. The minimum Gasteiger partial charge on any atom is -0.462 e. The van der Waals surface area contributed by atoms with Gasteiger partial charge in [-0.3, -0.25) is 14.4 Å². The van der Waals surface area contributed by atoms with Crippen molar-refractivity contribution in [3.63, 3.8) is 0 Å². The molecular weight excluding hydrogens is 901 g/mol. The summed E-state index contributed by atoms with van der Waals surface area (Å²) in [5.41, 5.74) is 0. The number of hydrogen-bond acceptors (Lipinski definition) is 6. The third-order valence-electron chi connectivity index (χ3n) is 13.4. The fraction of sp³-hybridized carbons (Fsp3) is 0.746. The van der Waals surface area contributed by atoms with E-state index in [4.69, 9.17) is 14.2 Å². The Hall–Kier alpha value is -3.41. The summed E-state index contributed by atoms with van der Waals surface area (Å²) in [6.07, 6.45) is 80.1. The van der Waals surface area contributed by atoms with Gasteiger partial charge in [0.2, 0.25) is 0 Å². The Labute approximate surface area is 452 Å². The van der Waals surface area contributed by atoms with Crippen LogP contribution in [0.3, 0.4) is 0 Å². The molecule has 0 rings (SSSR count). The van der Waals surface area contributed by atoms with E-state index in [0.717, 1.165) is 83.5 Å². The Kier molecular flexibility index (Phi) is 58.3. The number of unbranched alkanes of at least 4 members (excludes halogenated alkanes) is 31. The lowest BCUT2D eigenvalue weighted by molar-refractivity contribution is -0.167. The molecule has 73 heavy (non-hydrogen) atoms. The summed E-state index contributed by atoms with van der Waals surface area (Å²) < 4.78 is 16.9. The molecular formula is C67H116O6. The van der Waals surface area contributed by atoms with Gasteiger partial charge in [0.1, 0.15) is 13.2 Å². The van der Waals surface area contributed by atoms with Crippen molar-refractivity contribution in [2.45, 2.75) is 309 Å². The molecule has 0 aliphatic heterocycles. The van der Waals surface area contributed by atoms with Crippen molar-refractivity contribution >= 4 is 17.9 Å². The molecule has 0 N–H and O–H groups in total. The highest BCUT2D eigenvalue weighted by atomic mass is 16.6. The van der Waals surface area contributed by atoms with E-state index < -0.39 is 6.10 Å². The molecule has 0 fully saturated rings. The standard InChI is InChI=1S/C67H116O6/c1-4-7-10-13-16-19-22-25-28-30-32-33-35-37-40-42-45-48-51-54-57-60-66(69)72-63-64(73-67(70)61-58-55-52-49-46-43-38-27-24-21-18-15-12-9-6-3)62-71-65(68)59-56-53-50-47-44-41-39-36-34-31-29-26-23-20-17-14-11-8-5-2/h9,12,17-18,20-21,25-29,38,46,49,64H,4-8,10-11,13-16,19,22-24,30-37,39-45,47-48,50-63H2,1-3H3/b12-9-,20-17-,21-18-,28-25-,29-26-,38-27-,49-46-/t64-/m1/s1. The Bertz CT molecular complexity index is 1400. The van der Waals surface area contributed by atoms with Crippen LogP contribution < -0.4 is 0 Å². The first-order valence-corrected chi connectivity index (χ1v) is 31.1. The molecule has 6 heteroatoms. The Morgan fingerprint density at radius 1 is 0.288 bits per heavy atom. The highest BCUT2D eigenvalue weighted by molar-refractivity contribution is 5.71. The summed E-state index contributed by atoms with van der Waals surface area (Å²) in [6, 6.07) is 0. The lowest BCUT2D eigenvalue weighted by Crippen LogP contribution is -2.30. The van der Waals surface area contributed by atoms with E-state index in [2.05, 4.69) is 106 Å². The van der Waals surface area contributed by atoms with Crippen molar-refractivity contribution in [3.05, 3.63) is 85.1 Å². The topological polar surface area (TPSA) is 78.9 Å². The minimum absolute atomic E-state index is 0.0939. The molecule has 0 saturated carbocycles. The van der Waals surface area contributed by atoms with Crippen LogP contribution in [-0.4, -0.2) is 37.2 Å². The fourth-order valence-electron chi connectivity index (χ4n) is 8.69. The SMILES string of the molecule is CC/C=C\C/C=C\C/C=C\C/C=C\CCCCC(=O)O[C@H](COC(=O)CCCCCCCCCCC/C=C\C/C=C\CCCCC)COC(=O)CCCCCCCCCCCCC/C=C\CCCCCCCC. The van der Waals surface area contributed by atoms with E-state index in [1.807, 2.05) is 0 Å². The van der Waals surface area contributed by atoms with Gasteiger partial charge in [-0.15, -0.1) is 0 Å². The van der Waals surface area contributed by atoms with Crippen molar-refractivity contribution < 1.29 is 28.6 Å². The summed E-state index contributed by atoms with van der Waals surface area (Å²) in [6.45, 7) is 6.49. The predicted molar refractivity (Wildman–Crippen MR) is 316 cm³/mol. The molecule has 0 aromatic carbocycles. The minimum atomic E-state index is -0.801. The number of hydrogen-bond donors (Lipinski definition) is 0. The van der Waals surface area contributed by atoms with Gasteiger partial charge in [-0.25, -0.2) is 0 Å². The van der Waals surface area contributed by atoms with Crippen LogP contribution in [0.5, 0.6) is 0 Å². The molecule has 0 unspecified atom stereocenters. The first kappa shape index (κ1) is 69.6. The van der Waals surface area contributed by atoms with E-state index in [9.17, 15) is 14.4 Å². The molecule has 0 radical (unpaired) electrons. The van der Waals surface area contributed by atoms with Gasteiger partial charge in [0, 0.05) is 19.3 Å². The van der Waals surface area contributed by atoms with Gasteiger partial charge >= 0.3 is 17.9 Å². The summed E-state index contributed by atoms with van der Waals surface area (Å²) in [7, 11) is 0. The Balaban J connectivity index is 4.39. The van der Waals surface area contributed by atoms with Crippen molar-refractivity contribution in [2.75, 3.05) is 13.2 Å². The lowest BCUT2D eigenvalue weighted by atomic mass is 10.0. The van der Waals surface area contributed by atoms with Crippen molar-refractivity contribution in [3.8, 4) is 0 Å². The average Bonchev–Trinajstić information content (AvgIpc) is 3.39. The van der Waals surface area contributed by atoms with Crippen LogP contribution in [0.4, 0.5) is 0 Å². The third kappa shape index (κ3) is 59.3. The largest absolute Gasteiger partial charge is 0.462 e. The van der Waals surface area contributed by atoms with E-state index in [-0.39, 0.29) is 37.5 Å².